The van der Waals surface area contributed by atoms with Crippen LogP contribution in [-0.4, -0.2) is 55.0 Å². The van der Waals surface area contributed by atoms with Gasteiger partial charge in [0.15, 0.2) is 5.16 Å². The number of piperidine rings is 1. The minimum atomic E-state index is -0.0705. The van der Waals surface area contributed by atoms with Crippen LogP contribution in [0.25, 0.3) is 0 Å². The first-order valence-electron chi connectivity index (χ1n) is 9.86. The Hall–Kier alpha value is -1.83. The van der Waals surface area contributed by atoms with Gasteiger partial charge in [-0.15, -0.1) is 0 Å². The zero-order valence-electron chi connectivity index (χ0n) is 16.6. The molecule has 0 atom stereocenters. The topological polar surface area (TPSA) is 67.3 Å². The maximum absolute atomic E-state index is 11.9. The zero-order valence-corrected chi connectivity index (χ0v) is 18.2. The molecule has 0 radical (unpaired) electrons. The van der Waals surface area contributed by atoms with Crippen LogP contribution in [0, 0.1) is 5.92 Å². The number of thioether (sulfide) groups is 1. The molecule has 6 nitrogen and oxygen atoms in total. The van der Waals surface area contributed by atoms with Crippen LogP contribution >= 0.6 is 23.4 Å². The summed E-state index contributed by atoms with van der Waals surface area (Å²) >= 11 is 7.51. The van der Waals surface area contributed by atoms with Gasteiger partial charge in [-0.3, -0.25) is 4.79 Å². The van der Waals surface area contributed by atoms with Crippen LogP contribution < -0.4 is 10.2 Å². The second-order valence-corrected chi connectivity index (χ2v) is 8.41. The van der Waals surface area contributed by atoms with Crippen molar-refractivity contribution in [3.8, 4) is 0 Å². The molecular weight excluding hydrogens is 408 g/mol. The molecule has 1 aromatic carbocycles. The number of nitrogens with zero attached hydrogens (tertiary/aromatic N) is 3. The van der Waals surface area contributed by atoms with E-state index in [4.69, 9.17) is 16.3 Å². The normalized spacial score (nSPS) is 14.8. The second kappa shape index (κ2) is 11.4. The van der Waals surface area contributed by atoms with E-state index in [1.807, 2.05) is 6.07 Å². The van der Waals surface area contributed by atoms with E-state index >= 15 is 0 Å². The van der Waals surface area contributed by atoms with Gasteiger partial charge < -0.3 is 15.0 Å². The summed E-state index contributed by atoms with van der Waals surface area (Å²) in [6.45, 7) is 2.89. The predicted octanol–water partition coefficient (Wildman–Crippen LogP) is 3.44. The number of ether oxygens (including phenoxy) is 1. The maximum atomic E-state index is 11.9. The van der Waals surface area contributed by atoms with Crippen molar-refractivity contribution < 1.29 is 9.53 Å². The average molecular weight is 435 g/mol. The molecule has 2 aromatic rings. The van der Waals surface area contributed by atoms with Crippen molar-refractivity contribution in [1.82, 2.24) is 15.3 Å². The molecule has 1 N–H and O–H groups in total. The average Bonchev–Trinajstić information content (AvgIpc) is 2.73. The molecule has 1 aliphatic rings. The number of amides is 1. The lowest BCUT2D eigenvalue weighted by Crippen LogP contribution is -2.35. The molecule has 0 unspecified atom stereocenters. The lowest BCUT2D eigenvalue weighted by molar-refractivity contribution is -0.118. The van der Waals surface area contributed by atoms with E-state index in [1.54, 1.807) is 7.11 Å². The molecule has 2 heterocycles. The van der Waals surface area contributed by atoms with Crippen molar-refractivity contribution in [2.75, 3.05) is 44.0 Å². The Morgan fingerprint density at radius 1 is 1.28 bits per heavy atom. The van der Waals surface area contributed by atoms with Gasteiger partial charge in [0.05, 0.1) is 12.4 Å². The van der Waals surface area contributed by atoms with Gasteiger partial charge in [0.25, 0.3) is 0 Å². The number of methoxy groups -OCH3 is 1. The van der Waals surface area contributed by atoms with Crippen molar-refractivity contribution in [2.45, 2.75) is 24.4 Å². The van der Waals surface area contributed by atoms with Crippen molar-refractivity contribution in [3.63, 3.8) is 0 Å². The third-order valence-corrected chi connectivity index (χ3v) is 5.97. The smallest absolute Gasteiger partial charge is 0.230 e. The van der Waals surface area contributed by atoms with Gasteiger partial charge in [0.1, 0.15) is 11.0 Å². The van der Waals surface area contributed by atoms with Crippen molar-refractivity contribution in [1.29, 1.82) is 0 Å². The van der Waals surface area contributed by atoms with E-state index in [2.05, 4.69) is 50.5 Å². The summed E-state index contributed by atoms with van der Waals surface area (Å²) in [5, 5.41) is 3.72. The highest BCUT2D eigenvalue weighted by Gasteiger charge is 2.21. The van der Waals surface area contributed by atoms with Gasteiger partial charge in [0, 0.05) is 32.8 Å². The molecule has 0 saturated carbocycles. The number of hydrogen-bond donors (Lipinski definition) is 1. The Bertz CT molecular complexity index is 786. The SMILES string of the molecule is COCCNC(=O)CSc1nc(Cl)cc(N2CCC(Cc3ccccc3)CC2)n1. The molecule has 1 fully saturated rings. The largest absolute Gasteiger partial charge is 0.383 e. The Kier molecular flexibility index (Phi) is 8.58. The first kappa shape index (κ1) is 21.9. The predicted molar refractivity (Wildman–Crippen MR) is 118 cm³/mol. The summed E-state index contributed by atoms with van der Waals surface area (Å²) < 4.78 is 4.93. The van der Waals surface area contributed by atoms with Crippen LogP contribution in [0.15, 0.2) is 41.6 Å². The van der Waals surface area contributed by atoms with Gasteiger partial charge in [-0.25, -0.2) is 9.97 Å². The third kappa shape index (κ3) is 7.17. The highest BCUT2D eigenvalue weighted by atomic mass is 35.5. The number of hydrogen-bond acceptors (Lipinski definition) is 6. The Labute approximate surface area is 181 Å². The molecule has 0 bridgehead atoms. The molecule has 8 heteroatoms. The van der Waals surface area contributed by atoms with E-state index in [9.17, 15) is 4.79 Å². The quantitative estimate of drug-likeness (QED) is 0.282. The summed E-state index contributed by atoms with van der Waals surface area (Å²) in [7, 11) is 1.60. The van der Waals surface area contributed by atoms with Gasteiger partial charge in [-0.2, -0.15) is 0 Å². The molecule has 0 aliphatic carbocycles. The molecular formula is C21H27ClN4O2S. The minimum absolute atomic E-state index is 0.0705. The fourth-order valence-electron chi connectivity index (χ4n) is 3.40. The fraction of sp³-hybridized carbons (Fsp3) is 0.476. The Morgan fingerprint density at radius 2 is 2.03 bits per heavy atom. The number of halogens is 1. The summed E-state index contributed by atoms with van der Waals surface area (Å²) in [5.41, 5.74) is 1.40. The third-order valence-electron chi connectivity index (χ3n) is 4.93. The van der Waals surface area contributed by atoms with Crippen LogP contribution in [0.4, 0.5) is 5.82 Å². The number of carbonyl (C=O) groups excluding carboxylic acids is 1. The molecule has 29 heavy (non-hydrogen) atoms. The number of aromatic nitrogens is 2. The zero-order chi connectivity index (χ0) is 20.5. The molecule has 1 saturated heterocycles. The Balaban J connectivity index is 1.51. The minimum Gasteiger partial charge on any atom is -0.383 e. The summed E-state index contributed by atoms with van der Waals surface area (Å²) in [6, 6.07) is 12.5. The number of benzene rings is 1. The lowest BCUT2D eigenvalue weighted by atomic mass is 9.90. The van der Waals surface area contributed by atoms with Crippen LogP contribution in [0.1, 0.15) is 18.4 Å². The van der Waals surface area contributed by atoms with Crippen LogP contribution in [-0.2, 0) is 16.0 Å². The summed E-state index contributed by atoms with van der Waals surface area (Å²) in [5.74, 6) is 1.71. The fourth-order valence-corrected chi connectivity index (χ4v) is 4.31. The summed E-state index contributed by atoms with van der Waals surface area (Å²) in [6.07, 6.45) is 3.38. The molecule has 1 aliphatic heterocycles. The first-order valence-corrected chi connectivity index (χ1v) is 11.2. The molecule has 1 aromatic heterocycles. The van der Waals surface area contributed by atoms with Gasteiger partial charge in [0.2, 0.25) is 5.91 Å². The van der Waals surface area contributed by atoms with Gasteiger partial charge in [-0.1, -0.05) is 53.7 Å². The first-order chi connectivity index (χ1) is 14.1. The standard InChI is InChI=1S/C21H27ClN4O2S/c1-28-12-9-23-20(27)15-29-21-24-18(22)14-19(25-21)26-10-7-17(8-11-26)13-16-5-3-2-4-6-16/h2-6,14,17H,7-13,15H2,1H3,(H,23,27). The Morgan fingerprint density at radius 3 is 2.76 bits per heavy atom. The van der Waals surface area contributed by atoms with E-state index in [-0.39, 0.29) is 11.7 Å². The van der Waals surface area contributed by atoms with Gasteiger partial charge in [-0.05, 0) is 30.7 Å². The van der Waals surface area contributed by atoms with E-state index in [0.29, 0.717) is 29.4 Å². The summed E-state index contributed by atoms with van der Waals surface area (Å²) in [4.78, 5) is 23.0. The maximum Gasteiger partial charge on any atom is 0.230 e. The monoisotopic (exact) mass is 434 g/mol. The molecule has 3 rings (SSSR count). The van der Waals surface area contributed by atoms with Crippen LogP contribution in [0.2, 0.25) is 5.15 Å². The number of anilines is 1. The van der Waals surface area contributed by atoms with E-state index in [1.165, 1.54) is 17.3 Å². The second-order valence-electron chi connectivity index (χ2n) is 7.08. The molecule has 156 valence electrons. The van der Waals surface area contributed by atoms with E-state index < -0.39 is 0 Å². The van der Waals surface area contributed by atoms with Crippen molar-refractivity contribution in [2.24, 2.45) is 5.92 Å². The van der Waals surface area contributed by atoms with Gasteiger partial charge >= 0.3 is 0 Å². The van der Waals surface area contributed by atoms with Crippen molar-refractivity contribution >= 4 is 35.1 Å². The highest BCUT2D eigenvalue weighted by Crippen LogP contribution is 2.27. The highest BCUT2D eigenvalue weighted by molar-refractivity contribution is 7.99. The van der Waals surface area contributed by atoms with Crippen molar-refractivity contribution in [3.05, 3.63) is 47.1 Å². The van der Waals surface area contributed by atoms with Crippen LogP contribution in [0.3, 0.4) is 0 Å². The number of carbonyl (C=O) groups is 1. The van der Waals surface area contributed by atoms with Crippen LogP contribution in [0.5, 0.6) is 0 Å². The number of nitrogens with one attached hydrogen (secondary N) is 1. The number of rotatable bonds is 9. The lowest BCUT2D eigenvalue weighted by Gasteiger charge is -2.33. The van der Waals surface area contributed by atoms with E-state index in [0.717, 1.165) is 38.2 Å². The molecule has 0 spiro atoms. The molecule has 1 amide bonds.